The first-order valence-electron chi connectivity index (χ1n) is 9.85. The van der Waals surface area contributed by atoms with Gasteiger partial charge in [-0.1, -0.05) is 50.0 Å². The molecule has 1 aromatic rings. The first kappa shape index (κ1) is 26.9. The molecule has 32 heavy (non-hydrogen) atoms. The van der Waals surface area contributed by atoms with Gasteiger partial charge in [-0.3, -0.25) is 0 Å². The van der Waals surface area contributed by atoms with Gasteiger partial charge in [0.1, 0.15) is 11.7 Å². The van der Waals surface area contributed by atoms with Crippen LogP contribution in [0.5, 0.6) is 0 Å². The van der Waals surface area contributed by atoms with Crippen molar-refractivity contribution in [2.75, 3.05) is 14.1 Å². The highest BCUT2D eigenvalue weighted by atomic mass is 35.5. The Morgan fingerprint density at radius 1 is 1.19 bits per heavy atom. The topological polar surface area (TPSA) is 71.3 Å². The highest BCUT2D eigenvalue weighted by Gasteiger charge is 2.56. The summed E-state index contributed by atoms with van der Waals surface area (Å²) in [6, 6.07) is 6.81. The third-order valence-electron chi connectivity index (χ3n) is 5.62. The standard InChI is InChI=1S/C21H28Cl2FN3O3SSi/c1-20(2,3)32(6,7)30-21(31(28,29)27(4)5)13-15(11-12-18(21)23)25-14-26-17-10-8-9-16(22)19(17)24/h8-12H,13H2,1-7H3. The molecule has 0 saturated carbocycles. The molecule has 0 bridgehead atoms. The Kier molecular flexibility index (Phi) is 8.00. The Bertz CT molecular complexity index is 1120. The predicted octanol–water partition coefficient (Wildman–Crippen LogP) is 6.30. The van der Waals surface area contributed by atoms with Crippen LogP contribution in [0.2, 0.25) is 23.2 Å². The summed E-state index contributed by atoms with van der Waals surface area (Å²) in [5.41, 5.74) is 0.292. The van der Waals surface area contributed by atoms with E-state index in [2.05, 4.69) is 16.0 Å². The van der Waals surface area contributed by atoms with Crippen molar-refractivity contribution in [3.8, 4) is 0 Å². The number of sulfonamides is 1. The molecule has 11 heteroatoms. The predicted molar refractivity (Wildman–Crippen MR) is 131 cm³/mol. The Hall–Kier alpha value is -1.32. The Balaban J connectivity index is 2.54. The molecule has 0 aliphatic heterocycles. The number of nitrogens with zero attached hydrogens (tertiary/aromatic N) is 3. The minimum atomic E-state index is -4.02. The van der Waals surface area contributed by atoms with Gasteiger partial charge in [0.2, 0.25) is 15.0 Å². The van der Waals surface area contributed by atoms with Gasteiger partial charge in [0.25, 0.3) is 0 Å². The number of benzene rings is 1. The summed E-state index contributed by atoms with van der Waals surface area (Å²) in [7, 11) is -3.75. The number of hydrogen-bond acceptors (Lipinski definition) is 5. The van der Waals surface area contributed by atoms with E-state index in [4.69, 9.17) is 27.6 Å². The molecule has 0 aromatic heterocycles. The van der Waals surface area contributed by atoms with Crippen molar-refractivity contribution < 1.29 is 17.2 Å². The second-order valence-electron chi connectivity index (χ2n) is 9.15. The average molecular weight is 521 g/mol. The molecule has 1 aliphatic rings. The SMILES string of the molecule is CN(C)S(=O)(=O)C1(O[Si](C)(C)C(C)(C)C)CC(N=C=Nc2cccc(Cl)c2F)=CC=C1Cl. The van der Waals surface area contributed by atoms with E-state index in [9.17, 15) is 12.8 Å². The molecule has 1 aromatic carbocycles. The van der Waals surface area contributed by atoms with Crippen molar-refractivity contribution in [3.63, 3.8) is 0 Å². The van der Waals surface area contributed by atoms with Crippen molar-refractivity contribution in [1.29, 1.82) is 0 Å². The summed E-state index contributed by atoms with van der Waals surface area (Å²) in [5, 5.41) is -0.291. The highest BCUT2D eigenvalue weighted by Crippen LogP contribution is 2.48. The highest BCUT2D eigenvalue weighted by molar-refractivity contribution is 7.90. The maximum Gasteiger partial charge on any atom is 0.248 e. The van der Waals surface area contributed by atoms with E-state index in [1.54, 1.807) is 12.1 Å². The van der Waals surface area contributed by atoms with Crippen LogP contribution in [-0.2, 0) is 14.4 Å². The first-order chi connectivity index (χ1) is 14.5. The van der Waals surface area contributed by atoms with E-state index in [-0.39, 0.29) is 27.2 Å². The van der Waals surface area contributed by atoms with Gasteiger partial charge in [0.15, 0.2) is 14.1 Å². The fourth-order valence-electron chi connectivity index (χ4n) is 2.69. The van der Waals surface area contributed by atoms with Crippen molar-refractivity contribution in [2.24, 2.45) is 9.98 Å². The summed E-state index contributed by atoms with van der Waals surface area (Å²) < 4.78 is 48.5. The molecule has 0 saturated heterocycles. The number of allylic oxidation sites excluding steroid dienone is 2. The van der Waals surface area contributed by atoms with E-state index in [0.717, 1.165) is 4.31 Å². The Morgan fingerprint density at radius 2 is 1.81 bits per heavy atom. The van der Waals surface area contributed by atoms with Crippen LogP contribution >= 0.6 is 23.2 Å². The lowest BCUT2D eigenvalue weighted by Crippen LogP contribution is -2.57. The van der Waals surface area contributed by atoms with Gasteiger partial charge in [-0.25, -0.2) is 17.1 Å². The van der Waals surface area contributed by atoms with Crippen LogP contribution in [0.1, 0.15) is 27.2 Å². The maximum absolute atomic E-state index is 14.0. The van der Waals surface area contributed by atoms with Crippen LogP contribution in [0, 0.1) is 5.82 Å². The van der Waals surface area contributed by atoms with E-state index >= 15 is 0 Å². The van der Waals surface area contributed by atoms with Gasteiger partial charge in [-0.2, -0.15) is 9.98 Å². The summed E-state index contributed by atoms with van der Waals surface area (Å²) in [6.07, 6.45) is 2.88. The second kappa shape index (κ2) is 9.50. The van der Waals surface area contributed by atoms with Crippen LogP contribution < -0.4 is 0 Å². The lowest BCUT2D eigenvalue weighted by molar-refractivity contribution is 0.166. The number of rotatable bonds is 6. The van der Waals surface area contributed by atoms with Crippen molar-refractivity contribution in [2.45, 2.75) is 50.3 Å². The van der Waals surface area contributed by atoms with Crippen LogP contribution in [-0.4, -0.2) is 46.1 Å². The third-order valence-corrected chi connectivity index (χ3v) is 13.3. The fourth-order valence-corrected chi connectivity index (χ4v) is 6.98. The smallest absolute Gasteiger partial charge is 0.248 e. The molecule has 1 atom stereocenters. The lowest BCUT2D eigenvalue weighted by atomic mass is 10.1. The van der Waals surface area contributed by atoms with E-state index in [0.29, 0.717) is 5.70 Å². The van der Waals surface area contributed by atoms with Gasteiger partial charge in [0, 0.05) is 20.5 Å². The van der Waals surface area contributed by atoms with Gasteiger partial charge in [0.05, 0.1) is 15.8 Å². The number of aliphatic imine (C=N–C) groups is 2. The van der Waals surface area contributed by atoms with E-state index in [1.807, 2.05) is 33.9 Å². The zero-order valence-electron chi connectivity index (χ0n) is 19.2. The maximum atomic E-state index is 14.0. The molecule has 1 unspecified atom stereocenters. The van der Waals surface area contributed by atoms with Crippen LogP contribution in [0.25, 0.3) is 0 Å². The quantitative estimate of drug-likeness (QED) is 0.326. The molecule has 0 spiro atoms. The second-order valence-corrected chi connectivity index (χ2v) is 17.0. The molecule has 0 N–H and O–H groups in total. The molecule has 176 valence electrons. The lowest BCUT2D eigenvalue weighted by Gasteiger charge is -2.46. The first-order valence-corrected chi connectivity index (χ1v) is 15.0. The minimum Gasteiger partial charge on any atom is -0.393 e. The Morgan fingerprint density at radius 3 is 2.38 bits per heavy atom. The Labute approximate surface area is 200 Å². The molecule has 0 amide bonds. The normalized spacial score (nSPS) is 19.8. The summed E-state index contributed by atoms with van der Waals surface area (Å²) in [4.78, 5) is 6.17. The summed E-state index contributed by atoms with van der Waals surface area (Å²) in [5.74, 6) is -0.691. The van der Waals surface area contributed by atoms with Crippen LogP contribution in [0.15, 0.2) is 51.1 Å². The summed E-state index contributed by atoms with van der Waals surface area (Å²) in [6.45, 7) is 9.94. The zero-order valence-corrected chi connectivity index (χ0v) is 22.5. The van der Waals surface area contributed by atoms with Gasteiger partial charge in [-0.15, -0.1) is 0 Å². The molecule has 0 radical (unpaired) electrons. The molecular formula is C21H28Cl2FN3O3SSi. The molecule has 0 fully saturated rings. The minimum absolute atomic E-state index is 0.0315. The zero-order chi connectivity index (χ0) is 24.5. The third kappa shape index (κ3) is 5.25. The monoisotopic (exact) mass is 519 g/mol. The van der Waals surface area contributed by atoms with Gasteiger partial charge < -0.3 is 4.43 Å². The van der Waals surface area contributed by atoms with Crippen LogP contribution in [0.4, 0.5) is 10.1 Å². The van der Waals surface area contributed by atoms with E-state index in [1.165, 1.54) is 32.3 Å². The van der Waals surface area contributed by atoms with Crippen LogP contribution in [0.3, 0.4) is 0 Å². The van der Waals surface area contributed by atoms with Crippen molar-refractivity contribution in [3.05, 3.63) is 51.9 Å². The van der Waals surface area contributed by atoms with Gasteiger partial charge >= 0.3 is 0 Å². The molecule has 2 rings (SSSR count). The van der Waals surface area contributed by atoms with E-state index < -0.39 is 29.1 Å². The largest absolute Gasteiger partial charge is 0.393 e. The van der Waals surface area contributed by atoms with Crippen molar-refractivity contribution in [1.82, 2.24) is 4.31 Å². The molecule has 1 aliphatic carbocycles. The average Bonchev–Trinajstić information content (AvgIpc) is 2.66. The number of halogens is 3. The molecule has 0 heterocycles. The molecule has 6 nitrogen and oxygen atoms in total. The van der Waals surface area contributed by atoms with Gasteiger partial charge in [-0.05, 0) is 42.4 Å². The fraction of sp³-hybridized carbons (Fsp3) is 0.476. The number of hydrogen-bond donors (Lipinski definition) is 0. The summed E-state index contributed by atoms with van der Waals surface area (Å²) >= 11 is 12.3. The molecular weight excluding hydrogens is 492 g/mol. The van der Waals surface area contributed by atoms with Crippen molar-refractivity contribution >= 4 is 53.2 Å².